The fourth-order valence-corrected chi connectivity index (χ4v) is 5.16. The number of piperidine rings is 1. The molecule has 34 heavy (non-hydrogen) atoms. The van der Waals surface area contributed by atoms with Crippen molar-refractivity contribution in [2.45, 2.75) is 25.9 Å². The molecule has 3 aromatic heterocycles. The molecular formula is C27H25FN4O2. The molecule has 0 spiro atoms. The molecule has 0 aliphatic carbocycles. The standard InChI is InChI=1S/C27H25FN4O2/c1-16-15-32(26-21-12-18(28)7-6-17(21)8-10-29-26)11-9-23(16)30-14-19-13-22-25(31-19)20-4-2-3-5-24(20)34-27(22)33/h2-8,10,12-13,16,23,30-31H,9,11,14-15H2,1H3. The Morgan fingerprint density at radius 2 is 2.03 bits per heavy atom. The molecular weight excluding hydrogens is 431 g/mol. The molecule has 0 radical (unpaired) electrons. The molecule has 2 atom stereocenters. The maximum Gasteiger partial charge on any atom is 0.345 e. The number of hydrogen-bond donors (Lipinski definition) is 2. The Hall–Kier alpha value is -3.71. The molecule has 0 amide bonds. The first-order valence-corrected chi connectivity index (χ1v) is 11.6. The maximum atomic E-state index is 13.9. The average molecular weight is 457 g/mol. The Labute approximate surface area is 195 Å². The van der Waals surface area contributed by atoms with Gasteiger partial charge in [-0.05, 0) is 54.1 Å². The van der Waals surface area contributed by atoms with Gasteiger partial charge in [0.2, 0.25) is 0 Å². The topological polar surface area (TPSA) is 74.2 Å². The van der Waals surface area contributed by atoms with E-state index in [9.17, 15) is 9.18 Å². The minimum atomic E-state index is -0.322. The lowest BCUT2D eigenvalue weighted by atomic mass is 9.93. The van der Waals surface area contributed by atoms with Crippen LogP contribution in [-0.2, 0) is 6.54 Å². The van der Waals surface area contributed by atoms with E-state index in [0.717, 1.165) is 52.7 Å². The molecule has 4 heterocycles. The van der Waals surface area contributed by atoms with Crippen LogP contribution in [0.2, 0.25) is 0 Å². The second-order valence-electron chi connectivity index (χ2n) is 9.17. The van der Waals surface area contributed by atoms with Gasteiger partial charge in [-0.1, -0.05) is 25.1 Å². The normalized spacial score (nSPS) is 18.8. The highest BCUT2D eigenvalue weighted by atomic mass is 19.1. The van der Waals surface area contributed by atoms with E-state index in [1.807, 2.05) is 36.4 Å². The zero-order valence-corrected chi connectivity index (χ0v) is 18.8. The molecule has 6 nitrogen and oxygen atoms in total. The molecule has 0 saturated carbocycles. The molecule has 7 heteroatoms. The summed E-state index contributed by atoms with van der Waals surface area (Å²) in [7, 11) is 0. The Kier molecular flexibility index (Phi) is 5.07. The van der Waals surface area contributed by atoms with Crippen LogP contribution in [0.4, 0.5) is 10.2 Å². The van der Waals surface area contributed by atoms with Gasteiger partial charge in [0, 0.05) is 48.3 Å². The number of para-hydroxylation sites is 1. The van der Waals surface area contributed by atoms with Gasteiger partial charge >= 0.3 is 5.63 Å². The SMILES string of the molecule is CC1CN(c2nccc3ccc(F)cc23)CCC1NCc1cc2c(=O)oc3ccccc3c2[nH]1. The summed E-state index contributed by atoms with van der Waals surface area (Å²) in [4.78, 5) is 22.7. The molecule has 5 aromatic rings. The Morgan fingerprint density at radius 3 is 2.91 bits per heavy atom. The average Bonchev–Trinajstić information content (AvgIpc) is 3.28. The van der Waals surface area contributed by atoms with Gasteiger partial charge in [-0.2, -0.15) is 0 Å². The van der Waals surface area contributed by atoms with Crippen molar-refractivity contribution in [3.63, 3.8) is 0 Å². The first kappa shape index (κ1) is 20.9. The summed E-state index contributed by atoms with van der Waals surface area (Å²) in [6.07, 6.45) is 2.74. The predicted molar refractivity (Wildman–Crippen MR) is 133 cm³/mol. The number of halogens is 1. The minimum absolute atomic E-state index is 0.244. The van der Waals surface area contributed by atoms with E-state index in [0.29, 0.717) is 29.5 Å². The third-order valence-corrected chi connectivity index (χ3v) is 6.92. The van der Waals surface area contributed by atoms with Crippen LogP contribution in [0.5, 0.6) is 0 Å². The summed E-state index contributed by atoms with van der Waals surface area (Å²) in [5.41, 5.74) is 2.04. The molecule has 6 rings (SSSR count). The molecule has 2 aromatic carbocycles. The van der Waals surface area contributed by atoms with Crippen molar-refractivity contribution < 1.29 is 8.81 Å². The monoisotopic (exact) mass is 456 g/mol. The highest BCUT2D eigenvalue weighted by Crippen LogP contribution is 2.29. The third kappa shape index (κ3) is 3.62. The maximum absolute atomic E-state index is 13.9. The fraction of sp³-hybridized carbons (Fsp3) is 0.259. The van der Waals surface area contributed by atoms with E-state index in [1.165, 1.54) is 6.07 Å². The lowest BCUT2D eigenvalue weighted by Gasteiger charge is -2.38. The predicted octanol–water partition coefficient (Wildman–Crippen LogP) is 4.97. The minimum Gasteiger partial charge on any atom is -0.422 e. The highest BCUT2D eigenvalue weighted by Gasteiger charge is 2.27. The number of aromatic nitrogens is 2. The van der Waals surface area contributed by atoms with Crippen molar-refractivity contribution in [1.82, 2.24) is 15.3 Å². The number of nitrogens with zero attached hydrogens (tertiary/aromatic N) is 2. The van der Waals surface area contributed by atoms with Crippen molar-refractivity contribution in [3.8, 4) is 0 Å². The summed E-state index contributed by atoms with van der Waals surface area (Å²) >= 11 is 0. The van der Waals surface area contributed by atoms with E-state index in [1.54, 1.807) is 18.3 Å². The number of fused-ring (bicyclic) bond motifs is 4. The van der Waals surface area contributed by atoms with Crippen molar-refractivity contribution in [1.29, 1.82) is 0 Å². The van der Waals surface area contributed by atoms with Gasteiger partial charge in [-0.3, -0.25) is 0 Å². The van der Waals surface area contributed by atoms with Crippen LogP contribution >= 0.6 is 0 Å². The molecule has 2 unspecified atom stereocenters. The molecule has 1 fully saturated rings. The number of rotatable bonds is 4. The largest absolute Gasteiger partial charge is 0.422 e. The van der Waals surface area contributed by atoms with Crippen LogP contribution in [0.3, 0.4) is 0 Å². The molecule has 172 valence electrons. The molecule has 1 aliphatic heterocycles. The highest BCUT2D eigenvalue weighted by molar-refractivity contribution is 6.02. The van der Waals surface area contributed by atoms with E-state index >= 15 is 0 Å². The van der Waals surface area contributed by atoms with Gasteiger partial charge in [0.15, 0.2) is 0 Å². The lowest BCUT2D eigenvalue weighted by molar-refractivity contribution is 0.318. The van der Waals surface area contributed by atoms with Crippen LogP contribution < -0.4 is 15.8 Å². The van der Waals surface area contributed by atoms with Crippen LogP contribution in [0.25, 0.3) is 32.6 Å². The Balaban J connectivity index is 1.18. The van der Waals surface area contributed by atoms with Crippen molar-refractivity contribution in [2.75, 3.05) is 18.0 Å². The van der Waals surface area contributed by atoms with Gasteiger partial charge in [0.25, 0.3) is 0 Å². The van der Waals surface area contributed by atoms with E-state index < -0.39 is 0 Å². The van der Waals surface area contributed by atoms with Crippen LogP contribution in [-0.4, -0.2) is 29.1 Å². The van der Waals surface area contributed by atoms with E-state index in [2.05, 4.69) is 27.1 Å². The Bertz CT molecular complexity index is 1570. The zero-order valence-electron chi connectivity index (χ0n) is 18.8. The van der Waals surface area contributed by atoms with Gasteiger partial charge < -0.3 is 19.6 Å². The summed E-state index contributed by atoms with van der Waals surface area (Å²) in [6.45, 7) is 4.53. The lowest BCUT2D eigenvalue weighted by Crippen LogP contribution is -2.48. The second kappa shape index (κ2) is 8.25. The second-order valence-corrected chi connectivity index (χ2v) is 9.17. The summed E-state index contributed by atoms with van der Waals surface area (Å²) in [5.74, 6) is 0.970. The number of anilines is 1. The number of hydrogen-bond acceptors (Lipinski definition) is 5. The number of benzene rings is 2. The zero-order chi connectivity index (χ0) is 23.2. The number of aromatic amines is 1. The van der Waals surface area contributed by atoms with Gasteiger partial charge in [0.05, 0.1) is 10.9 Å². The van der Waals surface area contributed by atoms with Crippen molar-refractivity contribution >= 4 is 38.5 Å². The molecule has 1 saturated heterocycles. The summed E-state index contributed by atoms with van der Waals surface area (Å²) in [6, 6.07) is 16.6. The quantitative estimate of drug-likeness (QED) is 0.374. The van der Waals surface area contributed by atoms with Crippen LogP contribution in [0.15, 0.2) is 70.0 Å². The van der Waals surface area contributed by atoms with Gasteiger partial charge in [-0.25, -0.2) is 14.2 Å². The van der Waals surface area contributed by atoms with Crippen LogP contribution in [0, 0.1) is 11.7 Å². The summed E-state index contributed by atoms with van der Waals surface area (Å²) < 4.78 is 19.3. The van der Waals surface area contributed by atoms with Gasteiger partial charge in [0.1, 0.15) is 17.2 Å². The van der Waals surface area contributed by atoms with Crippen molar-refractivity contribution in [3.05, 3.63) is 82.7 Å². The number of pyridine rings is 1. The molecule has 1 aliphatic rings. The summed E-state index contributed by atoms with van der Waals surface area (Å²) in [5, 5.41) is 6.99. The Morgan fingerprint density at radius 1 is 1.15 bits per heavy atom. The third-order valence-electron chi connectivity index (χ3n) is 6.92. The van der Waals surface area contributed by atoms with Gasteiger partial charge in [-0.15, -0.1) is 0 Å². The first-order chi connectivity index (χ1) is 16.6. The van der Waals surface area contributed by atoms with E-state index in [-0.39, 0.29) is 11.4 Å². The molecule has 2 N–H and O–H groups in total. The van der Waals surface area contributed by atoms with Crippen LogP contribution in [0.1, 0.15) is 19.0 Å². The first-order valence-electron chi connectivity index (χ1n) is 11.6. The fourth-order valence-electron chi connectivity index (χ4n) is 5.16. The number of H-pyrrole nitrogens is 1. The van der Waals surface area contributed by atoms with Crippen molar-refractivity contribution in [2.24, 2.45) is 5.92 Å². The number of nitrogens with one attached hydrogen (secondary N) is 2. The van der Waals surface area contributed by atoms with E-state index in [4.69, 9.17) is 4.42 Å². The smallest absolute Gasteiger partial charge is 0.345 e. The molecule has 0 bridgehead atoms.